The Morgan fingerprint density at radius 2 is 1.75 bits per heavy atom. The van der Waals surface area contributed by atoms with Gasteiger partial charge in [-0.3, -0.25) is 19.8 Å². The first-order chi connectivity index (χ1) is 18.5. The molecule has 2 amide bonds. The van der Waals surface area contributed by atoms with Gasteiger partial charge in [0.1, 0.15) is 12.6 Å². The lowest BCUT2D eigenvalue weighted by molar-refractivity contribution is -0.147. The lowest BCUT2D eigenvalue weighted by Gasteiger charge is -2.38. The van der Waals surface area contributed by atoms with Gasteiger partial charge in [0.15, 0.2) is 5.96 Å². The normalized spacial score (nSPS) is 18.1. The van der Waals surface area contributed by atoms with Crippen LogP contribution in [0.1, 0.15) is 32.1 Å². The monoisotopic (exact) mass is 576 g/mol. The van der Waals surface area contributed by atoms with Gasteiger partial charge in [-0.2, -0.15) is 4.31 Å². The Balaban J connectivity index is 0.00000441. The summed E-state index contributed by atoms with van der Waals surface area (Å²) in [7, 11) is -4.36. The minimum Gasteiger partial charge on any atom is -0.480 e. The SMILES string of the molecule is N=C(N)N1CCC[C@H](CN([C@@H](CC(N)=O)C(=O)N(CC(=O)O)C2CC2)S(=O)(=O)c2ccc3ccccc3c2)C1.O. The first kappa shape index (κ1) is 30.8. The fourth-order valence-corrected chi connectivity index (χ4v) is 6.85. The number of carboxylic acid groups (broad SMARTS) is 1. The van der Waals surface area contributed by atoms with Crippen molar-refractivity contribution in [2.45, 2.75) is 49.1 Å². The fraction of sp³-hybridized carbons (Fsp3) is 0.462. The van der Waals surface area contributed by atoms with E-state index >= 15 is 0 Å². The molecule has 0 spiro atoms. The van der Waals surface area contributed by atoms with Gasteiger partial charge in [0.2, 0.25) is 21.8 Å². The van der Waals surface area contributed by atoms with Crippen molar-refractivity contribution in [2.75, 3.05) is 26.2 Å². The zero-order valence-corrected chi connectivity index (χ0v) is 22.8. The Bertz CT molecular complexity index is 1380. The summed E-state index contributed by atoms with van der Waals surface area (Å²) in [5.41, 5.74) is 11.2. The molecule has 0 bridgehead atoms. The number of likely N-dealkylation sites (tertiary alicyclic amines) is 1. The molecule has 40 heavy (non-hydrogen) atoms. The predicted octanol–water partition coefficient (Wildman–Crippen LogP) is -0.0691. The van der Waals surface area contributed by atoms with E-state index in [-0.39, 0.29) is 34.8 Å². The first-order valence-electron chi connectivity index (χ1n) is 12.9. The van der Waals surface area contributed by atoms with Crippen molar-refractivity contribution >= 4 is 44.5 Å². The molecule has 2 fully saturated rings. The van der Waals surface area contributed by atoms with Crippen LogP contribution in [0.4, 0.5) is 0 Å². The van der Waals surface area contributed by atoms with Crippen LogP contribution in [0.2, 0.25) is 0 Å². The number of nitrogens with zero attached hydrogens (tertiary/aromatic N) is 3. The minimum absolute atomic E-state index is 0. The van der Waals surface area contributed by atoms with Gasteiger partial charge < -0.3 is 31.8 Å². The van der Waals surface area contributed by atoms with Crippen LogP contribution in [-0.2, 0) is 24.4 Å². The maximum Gasteiger partial charge on any atom is 0.323 e. The van der Waals surface area contributed by atoms with E-state index in [1.54, 1.807) is 23.1 Å². The maximum atomic E-state index is 14.2. The van der Waals surface area contributed by atoms with Gasteiger partial charge in [-0.05, 0) is 54.5 Å². The summed E-state index contributed by atoms with van der Waals surface area (Å²) in [6.45, 7) is 0.122. The second-order valence-corrected chi connectivity index (χ2v) is 12.1. The molecule has 1 aliphatic carbocycles. The number of nitrogens with one attached hydrogen (secondary N) is 1. The Kier molecular flexibility index (Phi) is 9.71. The highest BCUT2D eigenvalue weighted by molar-refractivity contribution is 7.89. The smallest absolute Gasteiger partial charge is 0.323 e. The average molecular weight is 577 g/mol. The number of nitrogens with two attached hydrogens (primary N) is 2. The van der Waals surface area contributed by atoms with E-state index in [0.717, 1.165) is 14.6 Å². The number of hydrogen-bond acceptors (Lipinski definition) is 6. The van der Waals surface area contributed by atoms with Gasteiger partial charge in [0.05, 0.1) is 11.3 Å². The standard InChI is InChI=1S/C26H34N6O6S.H2O/c27-23(33)13-22(25(36)31(16-24(34)35)20-8-9-20)32(15-17-4-3-11-30(14-17)26(28)29)39(37,38)21-10-7-18-5-1-2-6-19(18)12-21;/h1-2,5-7,10,12,17,20,22H,3-4,8-9,11,13-16H2,(H2,27,33)(H3,28,29)(H,34,35);1H2/t17-,22-;/m0./s1. The predicted molar refractivity (Wildman–Crippen MR) is 148 cm³/mol. The van der Waals surface area contributed by atoms with E-state index in [2.05, 4.69) is 0 Å². The third-order valence-corrected chi connectivity index (χ3v) is 9.10. The molecule has 1 saturated heterocycles. The number of aliphatic carboxylic acids is 1. The summed E-state index contributed by atoms with van der Waals surface area (Å²) in [6.07, 6.45) is 1.87. The number of amides is 2. The number of rotatable bonds is 11. The minimum atomic E-state index is -4.36. The third kappa shape index (κ3) is 7.06. The Morgan fingerprint density at radius 3 is 2.35 bits per heavy atom. The molecule has 1 aliphatic heterocycles. The van der Waals surface area contributed by atoms with E-state index < -0.39 is 46.8 Å². The van der Waals surface area contributed by atoms with Crippen molar-refractivity contribution in [3.8, 4) is 0 Å². The third-order valence-electron chi connectivity index (χ3n) is 7.23. The van der Waals surface area contributed by atoms with Crippen molar-refractivity contribution in [3.05, 3.63) is 42.5 Å². The molecule has 0 radical (unpaired) electrons. The van der Waals surface area contributed by atoms with Crippen LogP contribution in [-0.4, -0.2) is 95.1 Å². The summed E-state index contributed by atoms with van der Waals surface area (Å²) >= 11 is 0. The number of benzene rings is 2. The van der Waals surface area contributed by atoms with Gasteiger partial charge in [0, 0.05) is 25.7 Å². The molecule has 0 aromatic heterocycles. The van der Waals surface area contributed by atoms with E-state index in [4.69, 9.17) is 16.9 Å². The van der Waals surface area contributed by atoms with E-state index in [9.17, 15) is 27.9 Å². The van der Waals surface area contributed by atoms with Crippen LogP contribution in [0.25, 0.3) is 10.8 Å². The van der Waals surface area contributed by atoms with Crippen LogP contribution in [0.5, 0.6) is 0 Å². The number of carboxylic acids is 1. The van der Waals surface area contributed by atoms with Crippen LogP contribution >= 0.6 is 0 Å². The van der Waals surface area contributed by atoms with Gasteiger partial charge in [0.25, 0.3) is 0 Å². The molecule has 4 rings (SSSR count). The van der Waals surface area contributed by atoms with Gasteiger partial charge >= 0.3 is 5.97 Å². The van der Waals surface area contributed by atoms with Crippen LogP contribution < -0.4 is 11.5 Å². The number of carbonyl (C=O) groups excluding carboxylic acids is 2. The quantitative estimate of drug-likeness (QED) is 0.209. The summed E-state index contributed by atoms with van der Waals surface area (Å²) < 4.78 is 29.5. The first-order valence-corrected chi connectivity index (χ1v) is 14.3. The van der Waals surface area contributed by atoms with E-state index in [1.807, 2.05) is 12.1 Å². The Morgan fingerprint density at radius 1 is 1.07 bits per heavy atom. The zero-order chi connectivity index (χ0) is 28.3. The molecule has 1 heterocycles. The lowest BCUT2D eigenvalue weighted by Crippen LogP contribution is -2.56. The van der Waals surface area contributed by atoms with E-state index in [1.165, 1.54) is 12.1 Å². The second-order valence-electron chi connectivity index (χ2n) is 10.2. The van der Waals surface area contributed by atoms with Crippen molar-refractivity contribution in [2.24, 2.45) is 17.4 Å². The second kappa shape index (κ2) is 12.6. The molecule has 13 nitrogen and oxygen atoms in total. The van der Waals surface area contributed by atoms with Gasteiger partial charge in [-0.1, -0.05) is 30.3 Å². The molecular weight excluding hydrogens is 540 g/mol. The van der Waals surface area contributed by atoms with Crippen LogP contribution in [0.3, 0.4) is 0 Å². The van der Waals surface area contributed by atoms with Crippen molar-refractivity contribution in [1.82, 2.24) is 14.1 Å². The van der Waals surface area contributed by atoms with Crippen molar-refractivity contribution in [1.29, 1.82) is 5.41 Å². The number of piperidine rings is 1. The number of carbonyl (C=O) groups is 3. The Hall–Kier alpha value is -3.75. The van der Waals surface area contributed by atoms with Crippen molar-refractivity contribution in [3.63, 3.8) is 0 Å². The molecule has 218 valence electrons. The molecule has 2 aliphatic rings. The fourth-order valence-electron chi connectivity index (χ4n) is 5.16. The number of guanidine groups is 1. The largest absolute Gasteiger partial charge is 0.480 e. The maximum absolute atomic E-state index is 14.2. The molecule has 8 N–H and O–H groups in total. The number of primary amides is 1. The zero-order valence-electron chi connectivity index (χ0n) is 22.0. The summed E-state index contributed by atoms with van der Waals surface area (Å²) in [4.78, 5) is 40.3. The molecular formula is C26H36N6O7S. The van der Waals surface area contributed by atoms with E-state index in [0.29, 0.717) is 44.2 Å². The average Bonchev–Trinajstić information content (AvgIpc) is 3.74. The lowest BCUT2D eigenvalue weighted by atomic mass is 9.97. The topological polar surface area (TPSA) is 223 Å². The number of fused-ring (bicyclic) bond motifs is 1. The highest BCUT2D eigenvalue weighted by atomic mass is 32.2. The van der Waals surface area contributed by atoms with Crippen LogP contribution in [0.15, 0.2) is 47.4 Å². The van der Waals surface area contributed by atoms with Gasteiger partial charge in [-0.25, -0.2) is 8.42 Å². The molecule has 2 aromatic carbocycles. The molecule has 0 unspecified atom stereocenters. The van der Waals surface area contributed by atoms with Gasteiger partial charge in [-0.15, -0.1) is 0 Å². The summed E-state index contributed by atoms with van der Waals surface area (Å²) in [5, 5.41) is 18.8. The van der Waals surface area contributed by atoms with Crippen molar-refractivity contribution < 1.29 is 33.4 Å². The highest BCUT2D eigenvalue weighted by Crippen LogP contribution is 2.31. The van der Waals surface area contributed by atoms with Crippen LogP contribution in [0, 0.1) is 11.3 Å². The highest BCUT2D eigenvalue weighted by Gasteiger charge is 2.44. The molecule has 14 heteroatoms. The summed E-state index contributed by atoms with van der Waals surface area (Å²) in [5.74, 6) is -3.31. The molecule has 2 atom stereocenters. The number of sulfonamides is 1. The molecule has 1 saturated carbocycles. The summed E-state index contributed by atoms with van der Waals surface area (Å²) in [6, 6.07) is 10.0. The molecule has 2 aromatic rings. The Labute approximate surface area is 232 Å². The number of hydrogen-bond donors (Lipinski definition) is 4.